The molecule has 0 N–H and O–H groups in total. The van der Waals surface area contributed by atoms with Crippen molar-refractivity contribution in [2.45, 2.75) is 33.1 Å². The van der Waals surface area contributed by atoms with E-state index in [0.717, 1.165) is 25.9 Å². The number of hydrogen-bond acceptors (Lipinski definition) is 2. The minimum atomic E-state index is -0.322. The van der Waals surface area contributed by atoms with E-state index in [4.69, 9.17) is 4.74 Å². The lowest BCUT2D eigenvalue weighted by molar-refractivity contribution is -0.131. The van der Waals surface area contributed by atoms with Gasteiger partial charge in [0.25, 0.3) is 0 Å². The normalized spacial score (nSPS) is 18.3. The van der Waals surface area contributed by atoms with Gasteiger partial charge in [0, 0.05) is 19.5 Å². The van der Waals surface area contributed by atoms with Crippen LogP contribution >= 0.6 is 0 Å². The largest absolute Gasteiger partial charge is 0.491 e. The highest BCUT2D eigenvalue weighted by Crippen LogP contribution is 2.22. The second kappa shape index (κ2) is 7.43. The molecule has 0 spiro atoms. The molecule has 21 heavy (non-hydrogen) atoms. The van der Waals surface area contributed by atoms with E-state index in [2.05, 4.69) is 13.8 Å². The van der Waals surface area contributed by atoms with Gasteiger partial charge in [-0.05, 0) is 36.8 Å². The second-order valence-electron chi connectivity index (χ2n) is 6.16. The molecule has 1 unspecified atom stereocenters. The number of para-hydroxylation sites is 1. The standard InChI is InChI=1S/C17H24FNO2/c1-13(2)11-17(20)19-9-7-14(12-19)8-10-21-16-6-4-3-5-15(16)18/h3-6,13-14H,7-12H2,1-2H3. The lowest BCUT2D eigenvalue weighted by atomic mass is 10.1. The van der Waals surface area contributed by atoms with E-state index < -0.39 is 0 Å². The fraction of sp³-hybridized carbons (Fsp3) is 0.588. The molecule has 1 aromatic carbocycles. The highest BCUT2D eigenvalue weighted by molar-refractivity contribution is 5.76. The van der Waals surface area contributed by atoms with Gasteiger partial charge in [-0.15, -0.1) is 0 Å². The Balaban J connectivity index is 1.71. The first-order chi connectivity index (χ1) is 10.1. The number of carbonyl (C=O) groups excluding carboxylic acids is 1. The smallest absolute Gasteiger partial charge is 0.222 e. The second-order valence-corrected chi connectivity index (χ2v) is 6.16. The molecule has 2 rings (SSSR count). The lowest BCUT2D eigenvalue weighted by Crippen LogP contribution is -2.29. The Hall–Kier alpha value is -1.58. The van der Waals surface area contributed by atoms with Gasteiger partial charge in [0.2, 0.25) is 5.91 Å². The Morgan fingerprint density at radius 2 is 2.19 bits per heavy atom. The number of rotatable bonds is 6. The number of nitrogens with zero attached hydrogens (tertiary/aromatic N) is 1. The van der Waals surface area contributed by atoms with Crippen LogP contribution in [-0.2, 0) is 4.79 Å². The summed E-state index contributed by atoms with van der Waals surface area (Å²) in [6.07, 6.45) is 2.50. The Morgan fingerprint density at radius 1 is 1.43 bits per heavy atom. The van der Waals surface area contributed by atoms with Gasteiger partial charge in [-0.25, -0.2) is 4.39 Å². The van der Waals surface area contributed by atoms with Crippen molar-refractivity contribution in [3.63, 3.8) is 0 Å². The summed E-state index contributed by atoms with van der Waals surface area (Å²) in [4.78, 5) is 13.9. The summed E-state index contributed by atoms with van der Waals surface area (Å²) < 4.78 is 18.9. The van der Waals surface area contributed by atoms with E-state index in [0.29, 0.717) is 30.6 Å². The van der Waals surface area contributed by atoms with Crippen LogP contribution in [0.1, 0.15) is 33.1 Å². The van der Waals surface area contributed by atoms with E-state index in [9.17, 15) is 9.18 Å². The van der Waals surface area contributed by atoms with Crippen LogP contribution in [0.2, 0.25) is 0 Å². The summed E-state index contributed by atoms with van der Waals surface area (Å²) in [5.41, 5.74) is 0. The van der Waals surface area contributed by atoms with Gasteiger partial charge in [0.15, 0.2) is 11.6 Å². The Bertz CT molecular complexity index is 476. The van der Waals surface area contributed by atoms with Crippen molar-refractivity contribution in [1.29, 1.82) is 0 Å². The molecule has 4 heteroatoms. The summed E-state index contributed by atoms with van der Waals surface area (Å²) in [6.45, 7) is 6.28. The third-order valence-corrected chi connectivity index (χ3v) is 3.84. The minimum Gasteiger partial charge on any atom is -0.491 e. The molecule has 1 heterocycles. The van der Waals surface area contributed by atoms with E-state index in [-0.39, 0.29) is 11.7 Å². The number of halogens is 1. The third-order valence-electron chi connectivity index (χ3n) is 3.84. The summed E-state index contributed by atoms with van der Waals surface area (Å²) in [7, 11) is 0. The van der Waals surface area contributed by atoms with Crippen LogP contribution in [0.15, 0.2) is 24.3 Å². The number of ether oxygens (including phenoxy) is 1. The van der Waals surface area contributed by atoms with Crippen molar-refractivity contribution in [3.05, 3.63) is 30.1 Å². The van der Waals surface area contributed by atoms with Gasteiger partial charge < -0.3 is 9.64 Å². The zero-order valence-electron chi connectivity index (χ0n) is 12.8. The number of hydrogen-bond donors (Lipinski definition) is 0. The molecule has 1 saturated heterocycles. The van der Waals surface area contributed by atoms with Crippen LogP contribution in [0.25, 0.3) is 0 Å². The van der Waals surface area contributed by atoms with Crippen molar-refractivity contribution >= 4 is 5.91 Å². The van der Waals surface area contributed by atoms with Gasteiger partial charge in [0.1, 0.15) is 0 Å². The Kier molecular flexibility index (Phi) is 5.59. The molecule has 3 nitrogen and oxygen atoms in total. The topological polar surface area (TPSA) is 29.5 Å². The molecule has 0 aliphatic carbocycles. The molecule has 1 aromatic rings. The van der Waals surface area contributed by atoms with Crippen LogP contribution in [0.3, 0.4) is 0 Å². The number of likely N-dealkylation sites (tertiary alicyclic amines) is 1. The molecular weight excluding hydrogens is 269 g/mol. The molecule has 1 atom stereocenters. The van der Waals surface area contributed by atoms with Gasteiger partial charge in [-0.2, -0.15) is 0 Å². The minimum absolute atomic E-state index is 0.252. The molecular formula is C17H24FNO2. The van der Waals surface area contributed by atoms with E-state index >= 15 is 0 Å². The van der Waals surface area contributed by atoms with Gasteiger partial charge in [0.05, 0.1) is 6.61 Å². The van der Waals surface area contributed by atoms with Crippen molar-refractivity contribution in [3.8, 4) is 5.75 Å². The maximum atomic E-state index is 13.4. The molecule has 0 saturated carbocycles. The highest BCUT2D eigenvalue weighted by Gasteiger charge is 2.26. The van der Waals surface area contributed by atoms with Crippen LogP contribution < -0.4 is 4.74 Å². The van der Waals surface area contributed by atoms with Crippen molar-refractivity contribution in [1.82, 2.24) is 4.90 Å². The quantitative estimate of drug-likeness (QED) is 0.803. The number of amides is 1. The fourth-order valence-corrected chi connectivity index (χ4v) is 2.67. The SMILES string of the molecule is CC(C)CC(=O)N1CCC(CCOc2ccccc2F)C1. The maximum absolute atomic E-state index is 13.4. The Morgan fingerprint density at radius 3 is 2.90 bits per heavy atom. The van der Waals surface area contributed by atoms with Crippen molar-refractivity contribution < 1.29 is 13.9 Å². The lowest BCUT2D eigenvalue weighted by Gasteiger charge is -2.18. The molecule has 1 aliphatic heterocycles. The first kappa shape index (κ1) is 15.8. The van der Waals surface area contributed by atoms with Gasteiger partial charge in [-0.3, -0.25) is 4.79 Å². The van der Waals surface area contributed by atoms with Crippen LogP contribution in [0, 0.1) is 17.7 Å². The van der Waals surface area contributed by atoms with Crippen molar-refractivity contribution in [2.24, 2.45) is 11.8 Å². The summed E-state index contributed by atoms with van der Waals surface area (Å²) in [5, 5.41) is 0. The Labute approximate surface area is 126 Å². The first-order valence-electron chi connectivity index (χ1n) is 7.71. The maximum Gasteiger partial charge on any atom is 0.222 e. The average Bonchev–Trinajstić information content (AvgIpc) is 2.89. The molecule has 116 valence electrons. The third kappa shape index (κ3) is 4.73. The highest BCUT2D eigenvalue weighted by atomic mass is 19.1. The summed E-state index contributed by atoms with van der Waals surface area (Å²) >= 11 is 0. The number of carbonyl (C=O) groups is 1. The van der Waals surface area contributed by atoms with Crippen LogP contribution in [0.4, 0.5) is 4.39 Å². The molecule has 0 aromatic heterocycles. The summed E-state index contributed by atoms with van der Waals surface area (Å²) in [6, 6.07) is 6.46. The zero-order chi connectivity index (χ0) is 15.2. The zero-order valence-corrected chi connectivity index (χ0v) is 12.8. The van der Waals surface area contributed by atoms with Gasteiger partial charge in [-0.1, -0.05) is 26.0 Å². The predicted molar refractivity (Wildman–Crippen MR) is 80.7 cm³/mol. The van der Waals surface area contributed by atoms with Crippen LogP contribution in [0.5, 0.6) is 5.75 Å². The van der Waals surface area contributed by atoms with Gasteiger partial charge >= 0.3 is 0 Å². The first-order valence-corrected chi connectivity index (χ1v) is 7.71. The predicted octanol–water partition coefficient (Wildman–Crippen LogP) is 3.49. The van der Waals surface area contributed by atoms with Crippen molar-refractivity contribution in [2.75, 3.05) is 19.7 Å². The molecule has 1 amide bonds. The molecule has 0 radical (unpaired) electrons. The monoisotopic (exact) mass is 293 g/mol. The molecule has 0 bridgehead atoms. The average molecular weight is 293 g/mol. The van der Waals surface area contributed by atoms with E-state index in [1.807, 2.05) is 4.90 Å². The molecule has 1 aliphatic rings. The number of benzene rings is 1. The summed E-state index contributed by atoms with van der Waals surface area (Å²) in [5.74, 6) is 1.11. The fourth-order valence-electron chi connectivity index (χ4n) is 2.67. The van der Waals surface area contributed by atoms with E-state index in [1.54, 1.807) is 18.2 Å². The van der Waals surface area contributed by atoms with Crippen LogP contribution in [-0.4, -0.2) is 30.5 Å². The molecule has 1 fully saturated rings. The van der Waals surface area contributed by atoms with E-state index in [1.165, 1.54) is 6.07 Å².